The summed E-state index contributed by atoms with van der Waals surface area (Å²) in [6.45, 7) is 0. The Labute approximate surface area is 104 Å². The molecule has 0 unspecified atom stereocenters. The van der Waals surface area contributed by atoms with Crippen LogP contribution in [0.3, 0.4) is 0 Å². The third-order valence-electron chi connectivity index (χ3n) is 3.32. The van der Waals surface area contributed by atoms with Gasteiger partial charge in [-0.05, 0) is 30.4 Å². The molecule has 1 aromatic heterocycles. The molecule has 0 amide bonds. The molecule has 2 aromatic rings. The van der Waals surface area contributed by atoms with Crippen molar-refractivity contribution < 1.29 is 4.79 Å². The van der Waals surface area contributed by atoms with E-state index in [-0.39, 0.29) is 5.78 Å². The molecule has 0 radical (unpaired) electrons. The van der Waals surface area contributed by atoms with Crippen molar-refractivity contribution in [3.8, 4) is 0 Å². The smallest absolute Gasteiger partial charge is 0.214 e. The van der Waals surface area contributed by atoms with E-state index in [4.69, 9.17) is 0 Å². The molecule has 3 nitrogen and oxygen atoms in total. The van der Waals surface area contributed by atoms with Crippen LogP contribution in [0.4, 0.5) is 0 Å². The van der Waals surface area contributed by atoms with Crippen molar-refractivity contribution in [3.05, 3.63) is 47.3 Å². The molecule has 1 fully saturated rings. The molecular formula is C13H12N2OS. The van der Waals surface area contributed by atoms with Crippen LogP contribution in [0.5, 0.6) is 0 Å². The second-order valence-corrected chi connectivity index (χ2v) is 4.93. The van der Waals surface area contributed by atoms with Crippen molar-refractivity contribution in [3.63, 3.8) is 0 Å². The van der Waals surface area contributed by atoms with E-state index in [9.17, 15) is 4.79 Å². The fraction of sp³-hybridized carbons (Fsp3) is 0.308. The first kappa shape index (κ1) is 10.6. The quantitative estimate of drug-likeness (QED) is 0.779. The summed E-state index contributed by atoms with van der Waals surface area (Å²) in [5.41, 5.74) is 2.45. The zero-order valence-electron chi connectivity index (χ0n) is 9.30. The third kappa shape index (κ3) is 2.00. The minimum absolute atomic E-state index is 0.0278. The van der Waals surface area contributed by atoms with Crippen molar-refractivity contribution in [2.24, 2.45) is 0 Å². The Kier molecular flexibility index (Phi) is 2.73. The summed E-state index contributed by atoms with van der Waals surface area (Å²) in [6.07, 6.45) is 5.33. The maximum Gasteiger partial charge on any atom is 0.214 e. The number of hydrogen-bond acceptors (Lipinski definition) is 4. The van der Waals surface area contributed by atoms with Gasteiger partial charge in [0.05, 0.1) is 17.9 Å². The zero-order valence-corrected chi connectivity index (χ0v) is 10.1. The van der Waals surface area contributed by atoms with Crippen LogP contribution in [0.15, 0.2) is 30.5 Å². The number of hydrogen-bond donors (Lipinski definition) is 0. The van der Waals surface area contributed by atoms with Gasteiger partial charge < -0.3 is 0 Å². The van der Waals surface area contributed by atoms with Crippen molar-refractivity contribution in [1.82, 2.24) is 8.75 Å². The molecule has 0 atom stereocenters. The molecule has 17 heavy (non-hydrogen) atoms. The van der Waals surface area contributed by atoms with Gasteiger partial charge in [-0.25, -0.2) is 0 Å². The lowest BCUT2D eigenvalue weighted by molar-refractivity contribution is 0.103. The largest absolute Gasteiger partial charge is 0.287 e. The van der Waals surface area contributed by atoms with Gasteiger partial charge >= 0.3 is 0 Å². The van der Waals surface area contributed by atoms with Gasteiger partial charge in [0.2, 0.25) is 5.78 Å². The molecule has 1 heterocycles. The van der Waals surface area contributed by atoms with E-state index >= 15 is 0 Å². The maximum absolute atomic E-state index is 12.1. The SMILES string of the molecule is O=C(c1cccc(C2CCC2)c1)c1cnsn1. The molecule has 0 aliphatic heterocycles. The van der Waals surface area contributed by atoms with E-state index < -0.39 is 0 Å². The Morgan fingerprint density at radius 2 is 2.24 bits per heavy atom. The number of carbonyl (C=O) groups excluding carboxylic acids is 1. The fourth-order valence-corrected chi connectivity index (χ4v) is 2.50. The number of ketones is 1. The predicted molar refractivity (Wildman–Crippen MR) is 66.4 cm³/mol. The lowest BCUT2D eigenvalue weighted by Crippen LogP contribution is -2.10. The first-order chi connectivity index (χ1) is 8.34. The van der Waals surface area contributed by atoms with Gasteiger partial charge in [0, 0.05) is 5.56 Å². The Morgan fingerprint density at radius 1 is 1.35 bits per heavy atom. The Hall–Kier alpha value is -1.55. The van der Waals surface area contributed by atoms with Crippen LogP contribution in [-0.2, 0) is 0 Å². The van der Waals surface area contributed by atoms with Gasteiger partial charge in [0.15, 0.2) is 0 Å². The van der Waals surface area contributed by atoms with E-state index in [2.05, 4.69) is 14.8 Å². The molecular weight excluding hydrogens is 232 g/mol. The summed E-state index contributed by atoms with van der Waals surface area (Å²) in [7, 11) is 0. The summed E-state index contributed by atoms with van der Waals surface area (Å²) in [6, 6.07) is 7.93. The van der Waals surface area contributed by atoms with E-state index in [1.54, 1.807) is 0 Å². The van der Waals surface area contributed by atoms with Crippen molar-refractivity contribution in [2.75, 3.05) is 0 Å². The van der Waals surface area contributed by atoms with Gasteiger partial charge in [0.25, 0.3) is 0 Å². The van der Waals surface area contributed by atoms with Gasteiger partial charge in [0.1, 0.15) is 5.69 Å². The first-order valence-corrected chi connectivity index (χ1v) is 6.50. The van der Waals surface area contributed by atoms with Gasteiger partial charge in [-0.3, -0.25) is 4.79 Å². The average molecular weight is 244 g/mol. The number of carbonyl (C=O) groups is 1. The van der Waals surface area contributed by atoms with Crippen molar-refractivity contribution in [1.29, 1.82) is 0 Å². The van der Waals surface area contributed by atoms with Crippen LogP contribution in [0.2, 0.25) is 0 Å². The van der Waals surface area contributed by atoms with Gasteiger partial charge in [-0.1, -0.05) is 24.6 Å². The molecule has 3 rings (SSSR count). The van der Waals surface area contributed by atoms with E-state index in [0.717, 1.165) is 17.3 Å². The number of benzene rings is 1. The topological polar surface area (TPSA) is 42.9 Å². The molecule has 4 heteroatoms. The monoisotopic (exact) mass is 244 g/mol. The molecule has 0 saturated heterocycles. The first-order valence-electron chi connectivity index (χ1n) is 5.77. The van der Waals surface area contributed by atoms with E-state index in [1.807, 2.05) is 18.2 Å². The average Bonchev–Trinajstić information content (AvgIpc) is 2.79. The molecule has 1 saturated carbocycles. The highest BCUT2D eigenvalue weighted by Crippen LogP contribution is 2.36. The number of nitrogens with zero attached hydrogens (tertiary/aromatic N) is 2. The molecule has 0 bridgehead atoms. The van der Waals surface area contributed by atoms with Gasteiger partial charge in [-0.15, -0.1) is 0 Å². The lowest BCUT2D eigenvalue weighted by atomic mass is 9.79. The Morgan fingerprint density at radius 3 is 2.88 bits per heavy atom. The number of rotatable bonds is 3. The van der Waals surface area contributed by atoms with Gasteiger partial charge in [-0.2, -0.15) is 8.75 Å². The summed E-state index contributed by atoms with van der Waals surface area (Å²) in [5.74, 6) is 0.622. The highest BCUT2D eigenvalue weighted by molar-refractivity contribution is 6.99. The third-order valence-corrected chi connectivity index (χ3v) is 3.80. The summed E-state index contributed by atoms with van der Waals surface area (Å²) in [4.78, 5) is 12.1. The maximum atomic E-state index is 12.1. The molecule has 1 aromatic carbocycles. The molecule has 1 aliphatic rings. The molecule has 86 valence electrons. The van der Waals surface area contributed by atoms with Crippen molar-refractivity contribution >= 4 is 17.5 Å². The highest BCUT2D eigenvalue weighted by atomic mass is 32.1. The summed E-state index contributed by atoms with van der Waals surface area (Å²) in [5, 5.41) is 0. The van der Waals surface area contributed by atoms with Crippen LogP contribution in [0.25, 0.3) is 0 Å². The molecule has 0 spiro atoms. The number of aromatic nitrogens is 2. The normalized spacial score (nSPS) is 15.5. The minimum Gasteiger partial charge on any atom is -0.287 e. The minimum atomic E-state index is -0.0278. The Balaban J connectivity index is 1.90. The predicted octanol–water partition coefficient (Wildman–Crippen LogP) is 3.04. The van der Waals surface area contributed by atoms with Crippen LogP contribution in [-0.4, -0.2) is 14.5 Å². The van der Waals surface area contributed by atoms with E-state index in [1.165, 1.54) is 31.0 Å². The van der Waals surface area contributed by atoms with Crippen LogP contribution >= 0.6 is 11.7 Å². The molecule has 1 aliphatic carbocycles. The second kappa shape index (κ2) is 4.37. The standard InChI is InChI=1S/C13H12N2OS/c16-13(12-8-14-17-15-12)11-6-2-5-10(7-11)9-3-1-4-9/h2,5-9H,1,3-4H2. The van der Waals surface area contributed by atoms with Crippen LogP contribution in [0, 0.1) is 0 Å². The van der Waals surface area contributed by atoms with Crippen LogP contribution in [0.1, 0.15) is 46.8 Å². The summed E-state index contributed by atoms with van der Waals surface area (Å²) >= 11 is 1.07. The zero-order chi connectivity index (χ0) is 11.7. The molecule has 0 N–H and O–H groups in total. The highest BCUT2D eigenvalue weighted by Gasteiger charge is 2.20. The lowest BCUT2D eigenvalue weighted by Gasteiger charge is -2.25. The summed E-state index contributed by atoms with van der Waals surface area (Å²) < 4.78 is 7.85. The Bertz CT molecular complexity index is 532. The van der Waals surface area contributed by atoms with E-state index in [0.29, 0.717) is 11.6 Å². The second-order valence-electron chi connectivity index (χ2n) is 4.38. The van der Waals surface area contributed by atoms with Crippen LogP contribution < -0.4 is 0 Å². The fourth-order valence-electron chi connectivity index (χ4n) is 2.09. The van der Waals surface area contributed by atoms with Crippen molar-refractivity contribution in [2.45, 2.75) is 25.2 Å².